The van der Waals surface area contributed by atoms with Gasteiger partial charge in [0.2, 0.25) is 11.1 Å². The number of thioether (sulfide) groups is 1. The quantitative estimate of drug-likeness (QED) is 0.395. The Kier molecular flexibility index (Phi) is 6.65. The number of aromatic nitrogens is 3. The summed E-state index contributed by atoms with van der Waals surface area (Å²) in [4.78, 5) is 12.5. The summed E-state index contributed by atoms with van der Waals surface area (Å²) in [6.45, 7) is 1.78. The molecule has 1 unspecified atom stereocenters. The zero-order chi connectivity index (χ0) is 21.0. The van der Waals surface area contributed by atoms with Crippen molar-refractivity contribution in [3.8, 4) is 22.9 Å². The highest BCUT2D eigenvalue weighted by molar-refractivity contribution is 9.10. The SMILES string of the molecule is COc1ccc(-c2nnc(SC(C)C(=O)Nc3ccc(Br)cc3)n2N)cc1OC. The second-order valence-electron chi connectivity index (χ2n) is 6.00. The first-order valence-electron chi connectivity index (χ1n) is 8.59. The molecule has 3 aromatic rings. The molecule has 0 saturated carbocycles. The van der Waals surface area contributed by atoms with Gasteiger partial charge in [-0.05, 0) is 49.4 Å². The van der Waals surface area contributed by atoms with Gasteiger partial charge in [0.25, 0.3) is 0 Å². The van der Waals surface area contributed by atoms with Crippen LogP contribution in [-0.4, -0.2) is 40.3 Å². The molecule has 0 radical (unpaired) electrons. The van der Waals surface area contributed by atoms with Crippen molar-refractivity contribution in [3.05, 3.63) is 46.9 Å². The van der Waals surface area contributed by atoms with Crippen LogP contribution in [-0.2, 0) is 4.79 Å². The molecule has 8 nitrogen and oxygen atoms in total. The number of nitrogens with two attached hydrogens (primary N) is 1. The average molecular weight is 478 g/mol. The molecule has 0 aliphatic rings. The van der Waals surface area contributed by atoms with Crippen molar-refractivity contribution in [2.75, 3.05) is 25.4 Å². The Morgan fingerprint density at radius 1 is 1.14 bits per heavy atom. The topological polar surface area (TPSA) is 104 Å². The monoisotopic (exact) mass is 477 g/mol. The minimum Gasteiger partial charge on any atom is -0.493 e. The Morgan fingerprint density at radius 2 is 1.83 bits per heavy atom. The number of ether oxygens (including phenoxy) is 2. The zero-order valence-corrected chi connectivity index (χ0v) is 18.5. The first-order chi connectivity index (χ1) is 13.9. The van der Waals surface area contributed by atoms with Gasteiger partial charge in [-0.25, -0.2) is 4.68 Å². The van der Waals surface area contributed by atoms with E-state index in [2.05, 4.69) is 31.4 Å². The number of hydrogen-bond donors (Lipinski definition) is 2. The Hall–Kier alpha value is -2.72. The molecule has 0 bridgehead atoms. The number of halogens is 1. The summed E-state index contributed by atoms with van der Waals surface area (Å²) in [7, 11) is 3.13. The molecule has 3 N–H and O–H groups in total. The molecule has 1 heterocycles. The van der Waals surface area contributed by atoms with Crippen molar-refractivity contribution in [2.24, 2.45) is 0 Å². The highest BCUT2D eigenvalue weighted by atomic mass is 79.9. The van der Waals surface area contributed by atoms with Crippen LogP contribution in [0, 0.1) is 0 Å². The molecule has 0 saturated heterocycles. The highest BCUT2D eigenvalue weighted by Crippen LogP contribution is 2.32. The summed E-state index contributed by atoms with van der Waals surface area (Å²) in [5, 5.41) is 11.1. The number of nitrogens with zero attached hydrogens (tertiary/aromatic N) is 3. The summed E-state index contributed by atoms with van der Waals surface area (Å²) in [5.41, 5.74) is 1.43. The summed E-state index contributed by atoms with van der Waals surface area (Å²) >= 11 is 4.59. The first kappa shape index (κ1) is 21.0. The Balaban J connectivity index is 1.73. The first-order valence-corrected chi connectivity index (χ1v) is 10.3. The molecular formula is C19H20BrN5O3S. The molecule has 0 fully saturated rings. The number of methoxy groups -OCH3 is 2. The van der Waals surface area contributed by atoms with Gasteiger partial charge in [-0.3, -0.25) is 4.79 Å². The van der Waals surface area contributed by atoms with Gasteiger partial charge in [-0.2, -0.15) is 0 Å². The van der Waals surface area contributed by atoms with E-state index in [1.165, 1.54) is 16.4 Å². The second kappa shape index (κ2) is 9.19. The minimum absolute atomic E-state index is 0.159. The summed E-state index contributed by atoms with van der Waals surface area (Å²) in [6.07, 6.45) is 0. The van der Waals surface area contributed by atoms with E-state index in [0.717, 1.165) is 10.0 Å². The summed E-state index contributed by atoms with van der Waals surface area (Å²) in [5.74, 6) is 7.63. The van der Waals surface area contributed by atoms with Crippen molar-refractivity contribution in [2.45, 2.75) is 17.3 Å². The molecular weight excluding hydrogens is 458 g/mol. The number of nitrogens with one attached hydrogen (secondary N) is 1. The number of amides is 1. The van der Waals surface area contributed by atoms with Crippen molar-refractivity contribution in [1.82, 2.24) is 14.9 Å². The Bertz CT molecular complexity index is 1010. The Morgan fingerprint density at radius 3 is 2.48 bits per heavy atom. The number of benzene rings is 2. The lowest BCUT2D eigenvalue weighted by atomic mass is 10.2. The largest absolute Gasteiger partial charge is 0.493 e. The van der Waals surface area contributed by atoms with Gasteiger partial charge >= 0.3 is 0 Å². The number of carbonyl (C=O) groups excluding carboxylic acids is 1. The fourth-order valence-electron chi connectivity index (χ4n) is 2.52. The summed E-state index contributed by atoms with van der Waals surface area (Å²) in [6, 6.07) is 12.7. The predicted octanol–water partition coefficient (Wildman–Crippen LogP) is 3.56. The van der Waals surface area contributed by atoms with Crippen molar-refractivity contribution < 1.29 is 14.3 Å². The fourth-order valence-corrected chi connectivity index (χ4v) is 3.55. The molecule has 2 aromatic carbocycles. The van der Waals surface area contributed by atoms with Crippen LogP contribution < -0.4 is 20.6 Å². The molecule has 152 valence electrons. The molecule has 1 atom stereocenters. The van der Waals surface area contributed by atoms with Crippen LogP contribution in [0.1, 0.15) is 6.92 Å². The standard InChI is InChI=1S/C19H20BrN5O3S/c1-11(18(26)22-14-7-5-13(20)6-8-14)29-19-24-23-17(25(19)21)12-4-9-15(27-2)16(10-12)28-3/h4-11H,21H2,1-3H3,(H,22,26). The number of carbonyl (C=O) groups is 1. The van der Waals surface area contributed by atoms with E-state index in [1.54, 1.807) is 33.3 Å². The maximum atomic E-state index is 12.5. The number of anilines is 1. The lowest BCUT2D eigenvalue weighted by Crippen LogP contribution is -2.23. The third-order valence-corrected chi connectivity index (χ3v) is 5.65. The fraction of sp³-hybridized carbons (Fsp3) is 0.211. The molecule has 29 heavy (non-hydrogen) atoms. The molecule has 3 rings (SSSR count). The van der Waals surface area contributed by atoms with Gasteiger partial charge < -0.3 is 20.6 Å². The number of hydrogen-bond acceptors (Lipinski definition) is 7. The van der Waals surface area contributed by atoms with Crippen LogP contribution in [0.25, 0.3) is 11.4 Å². The van der Waals surface area contributed by atoms with Crippen molar-refractivity contribution in [3.63, 3.8) is 0 Å². The maximum absolute atomic E-state index is 12.5. The zero-order valence-electron chi connectivity index (χ0n) is 16.0. The van der Waals surface area contributed by atoms with Crippen LogP contribution in [0.4, 0.5) is 5.69 Å². The van der Waals surface area contributed by atoms with E-state index >= 15 is 0 Å². The third-order valence-electron chi connectivity index (χ3n) is 4.07. The van der Waals surface area contributed by atoms with Gasteiger partial charge in [-0.1, -0.05) is 27.7 Å². The van der Waals surface area contributed by atoms with Crippen LogP contribution in [0.3, 0.4) is 0 Å². The van der Waals surface area contributed by atoms with E-state index in [9.17, 15) is 4.79 Å². The van der Waals surface area contributed by atoms with E-state index in [0.29, 0.717) is 28.2 Å². The molecule has 0 aliphatic carbocycles. The van der Waals surface area contributed by atoms with Crippen LogP contribution >= 0.6 is 27.7 Å². The van der Waals surface area contributed by atoms with E-state index in [4.69, 9.17) is 15.3 Å². The molecule has 1 aromatic heterocycles. The lowest BCUT2D eigenvalue weighted by molar-refractivity contribution is -0.115. The highest BCUT2D eigenvalue weighted by Gasteiger charge is 2.20. The predicted molar refractivity (Wildman–Crippen MR) is 117 cm³/mol. The normalized spacial score (nSPS) is 11.7. The van der Waals surface area contributed by atoms with Gasteiger partial charge in [0.15, 0.2) is 17.3 Å². The molecule has 10 heteroatoms. The Labute approximate surface area is 180 Å². The third kappa shape index (κ3) is 4.83. The van der Waals surface area contributed by atoms with E-state index in [-0.39, 0.29) is 5.91 Å². The average Bonchev–Trinajstić information content (AvgIpc) is 3.09. The number of rotatable bonds is 7. The van der Waals surface area contributed by atoms with E-state index < -0.39 is 5.25 Å². The van der Waals surface area contributed by atoms with Crippen molar-refractivity contribution >= 4 is 39.3 Å². The van der Waals surface area contributed by atoms with Crippen LogP contribution in [0.2, 0.25) is 0 Å². The van der Waals surface area contributed by atoms with Gasteiger partial charge in [0.05, 0.1) is 19.5 Å². The van der Waals surface area contributed by atoms with E-state index in [1.807, 2.05) is 30.3 Å². The summed E-state index contributed by atoms with van der Waals surface area (Å²) < 4.78 is 12.9. The minimum atomic E-state index is -0.427. The smallest absolute Gasteiger partial charge is 0.237 e. The van der Waals surface area contributed by atoms with Crippen LogP contribution in [0.5, 0.6) is 11.5 Å². The molecule has 0 spiro atoms. The van der Waals surface area contributed by atoms with Gasteiger partial charge in [0.1, 0.15) is 0 Å². The molecule has 0 aliphatic heterocycles. The van der Waals surface area contributed by atoms with Crippen LogP contribution in [0.15, 0.2) is 52.1 Å². The van der Waals surface area contributed by atoms with Crippen molar-refractivity contribution in [1.29, 1.82) is 0 Å². The lowest BCUT2D eigenvalue weighted by Gasteiger charge is -2.12. The van der Waals surface area contributed by atoms with Gasteiger partial charge in [0, 0.05) is 15.7 Å². The maximum Gasteiger partial charge on any atom is 0.237 e. The second-order valence-corrected chi connectivity index (χ2v) is 8.23. The molecule has 1 amide bonds. The van der Waals surface area contributed by atoms with Gasteiger partial charge in [-0.15, -0.1) is 10.2 Å². The number of nitrogen functional groups attached to an aromatic ring is 1.